The lowest BCUT2D eigenvalue weighted by Crippen LogP contribution is -2.58. The molecular formula is C21H36N4O3. The highest BCUT2D eigenvalue weighted by Crippen LogP contribution is 2.48. The maximum Gasteiger partial charge on any atom is 0.409 e. The molecule has 1 unspecified atom stereocenters. The Morgan fingerprint density at radius 1 is 1.11 bits per heavy atom. The Kier molecular flexibility index (Phi) is 5.72. The van der Waals surface area contributed by atoms with Crippen molar-refractivity contribution in [3.8, 4) is 0 Å². The second kappa shape index (κ2) is 8.09. The fourth-order valence-corrected chi connectivity index (χ4v) is 6.23. The Hall–Kier alpha value is -1.50. The van der Waals surface area contributed by atoms with Gasteiger partial charge in [-0.2, -0.15) is 0 Å². The zero-order chi connectivity index (χ0) is 19.7. The number of nitrogens with zero attached hydrogens (tertiary/aromatic N) is 3. The molecule has 1 N–H and O–H groups in total. The van der Waals surface area contributed by atoms with Crippen molar-refractivity contribution in [3.05, 3.63) is 0 Å². The molecule has 7 heteroatoms. The Bertz CT molecular complexity index is 584. The van der Waals surface area contributed by atoms with Gasteiger partial charge in [-0.05, 0) is 70.9 Å². The van der Waals surface area contributed by atoms with Crippen LogP contribution in [-0.2, 0) is 4.74 Å². The topological polar surface area (TPSA) is 65.1 Å². The van der Waals surface area contributed by atoms with Gasteiger partial charge < -0.3 is 24.8 Å². The fraction of sp³-hybridized carbons (Fsp3) is 0.905. The molecule has 2 atom stereocenters. The molecule has 0 aromatic carbocycles. The van der Waals surface area contributed by atoms with E-state index in [4.69, 9.17) is 4.74 Å². The summed E-state index contributed by atoms with van der Waals surface area (Å²) in [5, 5.41) is 2.81. The van der Waals surface area contributed by atoms with Gasteiger partial charge in [-0.15, -0.1) is 0 Å². The van der Waals surface area contributed by atoms with Gasteiger partial charge in [0.15, 0.2) is 0 Å². The van der Waals surface area contributed by atoms with Crippen molar-refractivity contribution in [2.75, 3.05) is 46.4 Å². The van der Waals surface area contributed by atoms with E-state index in [2.05, 4.69) is 15.1 Å². The molecule has 0 aromatic heterocycles. The van der Waals surface area contributed by atoms with Crippen LogP contribution in [0.2, 0.25) is 0 Å². The molecule has 0 aromatic rings. The Morgan fingerprint density at radius 3 is 2.54 bits per heavy atom. The van der Waals surface area contributed by atoms with Crippen molar-refractivity contribution in [1.29, 1.82) is 0 Å². The van der Waals surface area contributed by atoms with E-state index in [1.807, 2.05) is 11.8 Å². The van der Waals surface area contributed by atoms with Gasteiger partial charge in [0.25, 0.3) is 0 Å². The smallest absolute Gasteiger partial charge is 0.409 e. The quantitative estimate of drug-likeness (QED) is 0.802. The van der Waals surface area contributed by atoms with Crippen LogP contribution >= 0.6 is 0 Å². The molecule has 1 aliphatic carbocycles. The molecule has 1 saturated carbocycles. The molecular weight excluding hydrogens is 356 g/mol. The van der Waals surface area contributed by atoms with Gasteiger partial charge in [0.2, 0.25) is 0 Å². The van der Waals surface area contributed by atoms with Crippen LogP contribution in [-0.4, -0.2) is 85.3 Å². The second-order valence-corrected chi connectivity index (χ2v) is 9.28. The fourth-order valence-electron chi connectivity index (χ4n) is 6.23. The minimum absolute atomic E-state index is 0.0961. The Morgan fingerprint density at radius 2 is 1.86 bits per heavy atom. The van der Waals surface area contributed by atoms with Crippen molar-refractivity contribution in [2.45, 2.75) is 64.0 Å². The third-order valence-corrected chi connectivity index (χ3v) is 7.66. The zero-order valence-electron chi connectivity index (χ0n) is 17.5. The summed E-state index contributed by atoms with van der Waals surface area (Å²) in [6, 6.07) is 1.20. The lowest BCUT2D eigenvalue weighted by Gasteiger charge is -2.48. The average Bonchev–Trinajstić information content (AvgIpc) is 3.34. The SMILES string of the molecule is CCOC(=O)N1CC2(CCC(N3CCC([C@@H]4CCCN4C(=O)NC)CC3)C2)C1. The number of likely N-dealkylation sites (tertiary alicyclic amines) is 3. The summed E-state index contributed by atoms with van der Waals surface area (Å²) in [7, 11) is 1.74. The summed E-state index contributed by atoms with van der Waals surface area (Å²) in [5.74, 6) is 0.648. The number of hydrogen-bond donors (Lipinski definition) is 1. The highest BCUT2D eigenvalue weighted by Gasteiger charge is 2.51. The van der Waals surface area contributed by atoms with Crippen LogP contribution < -0.4 is 5.32 Å². The second-order valence-electron chi connectivity index (χ2n) is 9.28. The van der Waals surface area contributed by atoms with E-state index < -0.39 is 0 Å². The number of carbonyl (C=O) groups is 2. The summed E-state index contributed by atoms with van der Waals surface area (Å²) in [6.45, 7) is 7.30. The minimum atomic E-state index is -0.144. The number of nitrogens with one attached hydrogen (secondary N) is 1. The molecule has 0 bridgehead atoms. The average molecular weight is 393 g/mol. The monoisotopic (exact) mass is 392 g/mol. The number of amides is 3. The number of piperidine rings is 1. The number of carbonyl (C=O) groups excluding carboxylic acids is 2. The first-order chi connectivity index (χ1) is 13.5. The van der Waals surface area contributed by atoms with E-state index in [1.165, 1.54) is 32.1 Å². The van der Waals surface area contributed by atoms with E-state index in [1.54, 1.807) is 7.05 Å². The van der Waals surface area contributed by atoms with Crippen LogP contribution in [0.4, 0.5) is 9.59 Å². The van der Waals surface area contributed by atoms with Gasteiger partial charge in [-0.25, -0.2) is 9.59 Å². The molecule has 7 nitrogen and oxygen atoms in total. The van der Waals surface area contributed by atoms with Crippen LogP contribution in [0.3, 0.4) is 0 Å². The summed E-state index contributed by atoms with van der Waals surface area (Å²) in [6.07, 6.45) is 8.29. The maximum absolute atomic E-state index is 12.1. The van der Waals surface area contributed by atoms with E-state index in [0.717, 1.165) is 45.6 Å². The first kappa shape index (κ1) is 19.8. The Balaban J connectivity index is 1.24. The van der Waals surface area contributed by atoms with Gasteiger partial charge in [-0.3, -0.25) is 0 Å². The molecule has 4 fully saturated rings. The largest absolute Gasteiger partial charge is 0.450 e. The first-order valence-corrected chi connectivity index (χ1v) is 11.2. The maximum atomic E-state index is 12.1. The molecule has 3 saturated heterocycles. The molecule has 3 aliphatic heterocycles. The minimum Gasteiger partial charge on any atom is -0.450 e. The number of urea groups is 1. The summed E-state index contributed by atoms with van der Waals surface area (Å²) in [4.78, 5) is 30.6. The number of rotatable bonds is 3. The lowest BCUT2D eigenvalue weighted by atomic mass is 9.78. The van der Waals surface area contributed by atoms with Crippen molar-refractivity contribution < 1.29 is 14.3 Å². The first-order valence-electron chi connectivity index (χ1n) is 11.2. The van der Waals surface area contributed by atoms with Crippen LogP contribution in [0.5, 0.6) is 0 Å². The normalized spacial score (nSPS) is 30.5. The van der Waals surface area contributed by atoms with E-state index in [0.29, 0.717) is 30.0 Å². The molecule has 4 aliphatic rings. The lowest BCUT2D eigenvalue weighted by molar-refractivity contribution is -0.00455. The predicted molar refractivity (Wildman–Crippen MR) is 107 cm³/mol. The Labute approximate surface area is 168 Å². The van der Waals surface area contributed by atoms with Crippen LogP contribution in [0, 0.1) is 11.3 Å². The van der Waals surface area contributed by atoms with Crippen molar-refractivity contribution >= 4 is 12.1 Å². The molecule has 0 radical (unpaired) electrons. The van der Waals surface area contributed by atoms with E-state index in [9.17, 15) is 9.59 Å². The summed E-state index contributed by atoms with van der Waals surface area (Å²) < 4.78 is 5.13. The molecule has 3 heterocycles. The zero-order valence-corrected chi connectivity index (χ0v) is 17.5. The van der Waals surface area contributed by atoms with Gasteiger partial charge in [-0.1, -0.05) is 0 Å². The molecule has 1 spiro atoms. The predicted octanol–water partition coefficient (Wildman–Crippen LogP) is 2.51. The van der Waals surface area contributed by atoms with Crippen molar-refractivity contribution in [3.63, 3.8) is 0 Å². The number of ether oxygens (including phenoxy) is 1. The molecule has 3 amide bonds. The molecule has 28 heavy (non-hydrogen) atoms. The third kappa shape index (κ3) is 3.70. The van der Waals surface area contributed by atoms with Crippen molar-refractivity contribution in [1.82, 2.24) is 20.0 Å². The van der Waals surface area contributed by atoms with Gasteiger partial charge >= 0.3 is 12.1 Å². The molecule has 158 valence electrons. The van der Waals surface area contributed by atoms with Gasteiger partial charge in [0.1, 0.15) is 0 Å². The standard InChI is InChI=1S/C21H36N4O3/c1-3-28-20(27)24-14-21(15-24)9-6-17(13-21)23-11-7-16(8-12-23)18-5-4-10-25(18)19(26)22-2/h16-18H,3-15H2,1-2H3,(H,22,26)/t17?,18-/m0/s1. The summed E-state index contributed by atoms with van der Waals surface area (Å²) >= 11 is 0. The van der Waals surface area contributed by atoms with Gasteiger partial charge in [0, 0.05) is 44.2 Å². The highest BCUT2D eigenvalue weighted by atomic mass is 16.6. The molecule has 4 rings (SSSR count). The van der Waals surface area contributed by atoms with Crippen LogP contribution in [0.1, 0.15) is 51.9 Å². The van der Waals surface area contributed by atoms with Crippen LogP contribution in [0.25, 0.3) is 0 Å². The number of hydrogen-bond acceptors (Lipinski definition) is 4. The highest BCUT2D eigenvalue weighted by molar-refractivity contribution is 5.74. The van der Waals surface area contributed by atoms with Gasteiger partial charge in [0.05, 0.1) is 6.61 Å². The van der Waals surface area contributed by atoms with E-state index in [-0.39, 0.29) is 12.1 Å². The summed E-state index contributed by atoms with van der Waals surface area (Å²) in [5.41, 5.74) is 0.343. The van der Waals surface area contributed by atoms with E-state index >= 15 is 0 Å². The van der Waals surface area contributed by atoms with Crippen molar-refractivity contribution in [2.24, 2.45) is 11.3 Å². The van der Waals surface area contributed by atoms with Crippen LogP contribution in [0.15, 0.2) is 0 Å². The third-order valence-electron chi connectivity index (χ3n) is 7.66.